The molecule has 78 heavy (non-hydrogen) atoms. The molecule has 0 spiro atoms. The van der Waals surface area contributed by atoms with E-state index < -0.39 is 0 Å². The number of hydrogen-bond donors (Lipinski definition) is 0. The van der Waals surface area contributed by atoms with Gasteiger partial charge in [0.2, 0.25) is 0 Å². The zero-order valence-electron chi connectivity index (χ0n) is 54.6. The molecule has 0 amide bonds. The summed E-state index contributed by atoms with van der Waals surface area (Å²) < 4.78 is 0. The van der Waals surface area contributed by atoms with E-state index in [1.165, 1.54) is 461 Å². The Labute approximate surface area is 496 Å². The van der Waals surface area contributed by atoms with Crippen molar-refractivity contribution >= 4 is 0 Å². The Morgan fingerprint density at radius 3 is 0.385 bits per heavy atom. The lowest BCUT2D eigenvalue weighted by Gasteiger charge is -2.05. The Morgan fingerprint density at radius 2 is 0.256 bits per heavy atom. The van der Waals surface area contributed by atoms with Crippen molar-refractivity contribution < 1.29 is 0 Å². The van der Waals surface area contributed by atoms with Crippen LogP contribution in [0.4, 0.5) is 0 Å². The fraction of sp³-hybridized carbons (Fsp3) is 0.923. The van der Waals surface area contributed by atoms with Gasteiger partial charge in [-0.1, -0.05) is 480 Å². The van der Waals surface area contributed by atoms with E-state index in [-0.39, 0.29) is 0 Å². The molecule has 0 aromatic heterocycles. The molecule has 0 bridgehead atoms. The van der Waals surface area contributed by atoms with Crippen molar-refractivity contribution in [3.05, 3.63) is 35.9 Å². The molecule has 0 nitrogen and oxygen atoms in total. The number of rotatable bonds is 71. The molecule has 0 aliphatic heterocycles. The van der Waals surface area contributed by atoms with Crippen LogP contribution in [0.1, 0.15) is 462 Å². The first-order valence-corrected chi connectivity index (χ1v) is 38.0. The van der Waals surface area contributed by atoms with Crippen molar-refractivity contribution in [1.82, 2.24) is 0 Å². The summed E-state index contributed by atoms with van der Waals surface area (Å²) >= 11 is 0. The first kappa shape index (κ1) is 75.2. The van der Waals surface area contributed by atoms with Gasteiger partial charge in [-0.25, -0.2) is 0 Å². The molecule has 0 heteroatoms. The fourth-order valence-electron chi connectivity index (χ4n) is 13.1. The molecule has 0 atom stereocenters. The van der Waals surface area contributed by atoms with Crippen molar-refractivity contribution in [2.24, 2.45) is 0 Å². The topological polar surface area (TPSA) is 0 Å². The van der Waals surface area contributed by atoms with Gasteiger partial charge >= 0.3 is 0 Å². The maximum absolute atomic E-state index is 2.32. The average Bonchev–Trinajstić information content (AvgIpc) is 3.46. The van der Waals surface area contributed by atoms with Gasteiger partial charge in [-0.2, -0.15) is 0 Å². The monoisotopic (exact) mass is 1090 g/mol. The van der Waals surface area contributed by atoms with E-state index in [1.807, 2.05) is 0 Å². The van der Waals surface area contributed by atoms with Crippen LogP contribution < -0.4 is 0 Å². The number of benzene rings is 1. The molecule has 0 aliphatic rings. The van der Waals surface area contributed by atoms with Gasteiger partial charge in [0.05, 0.1) is 0 Å². The molecule has 0 radical (unpaired) electrons. The van der Waals surface area contributed by atoms with Gasteiger partial charge in [0.1, 0.15) is 0 Å². The van der Waals surface area contributed by atoms with E-state index in [9.17, 15) is 0 Å². The van der Waals surface area contributed by atoms with Crippen molar-refractivity contribution in [2.75, 3.05) is 0 Å². The molecular weight excluding hydrogens is 937 g/mol. The van der Waals surface area contributed by atoms with Gasteiger partial charge in [-0.3, -0.25) is 0 Å². The second-order valence-electron chi connectivity index (χ2n) is 26.6. The lowest BCUT2D eigenvalue weighted by atomic mass is 10.0. The summed E-state index contributed by atoms with van der Waals surface area (Å²) in [6, 6.07) is 11.0. The number of aryl methyl sites for hydroxylation is 1. The van der Waals surface area contributed by atoms with Gasteiger partial charge in [-0.15, -0.1) is 0 Å². The van der Waals surface area contributed by atoms with E-state index in [4.69, 9.17) is 0 Å². The third-order valence-electron chi connectivity index (χ3n) is 18.7. The van der Waals surface area contributed by atoms with Gasteiger partial charge in [0, 0.05) is 0 Å². The Kier molecular flexibility index (Phi) is 68.0. The highest BCUT2D eigenvalue weighted by Gasteiger charge is 2.02. The first-order valence-electron chi connectivity index (χ1n) is 38.0. The van der Waals surface area contributed by atoms with Gasteiger partial charge < -0.3 is 0 Å². The summed E-state index contributed by atoms with van der Waals surface area (Å²) in [6.45, 7) is 2.32. The van der Waals surface area contributed by atoms with Crippen LogP contribution in [0.25, 0.3) is 0 Å². The maximum Gasteiger partial charge on any atom is -0.0279 e. The van der Waals surface area contributed by atoms with Crippen LogP contribution >= 0.6 is 0 Å². The van der Waals surface area contributed by atoms with E-state index in [1.54, 1.807) is 0 Å². The Bertz CT molecular complexity index is 1140. The van der Waals surface area contributed by atoms with Gasteiger partial charge in [0.15, 0.2) is 0 Å². The fourth-order valence-corrected chi connectivity index (χ4v) is 13.1. The molecule has 0 unspecified atom stereocenters. The van der Waals surface area contributed by atoms with Crippen LogP contribution in [0.3, 0.4) is 0 Å². The average molecular weight is 1090 g/mol. The van der Waals surface area contributed by atoms with E-state index in [0.29, 0.717) is 0 Å². The van der Waals surface area contributed by atoms with Crippen molar-refractivity contribution in [3.63, 3.8) is 0 Å². The lowest BCUT2D eigenvalue weighted by Crippen LogP contribution is -1.86. The minimum absolute atomic E-state index is 1.26. The van der Waals surface area contributed by atoms with E-state index in [2.05, 4.69) is 37.3 Å². The highest BCUT2D eigenvalue weighted by Crippen LogP contribution is 2.21. The minimum atomic E-state index is 1.26. The van der Waals surface area contributed by atoms with E-state index in [0.717, 1.165) is 0 Å². The SMILES string of the molecule is CCCCCCCCCCCCCCCCCCCCCCCCCCCCCCCCCCCCCCCCCCCCCCCCCCCCCCCCCCCCCCCCCCCCCCCCc1ccccc1. The molecular formula is C78H150. The Balaban J connectivity index is 1.58. The van der Waals surface area contributed by atoms with Crippen LogP contribution in [0.15, 0.2) is 30.3 Å². The predicted octanol–water partition coefficient (Wildman–Crippen LogP) is 29.6. The molecule has 0 saturated carbocycles. The zero-order valence-corrected chi connectivity index (χ0v) is 54.6. The molecule has 1 aromatic rings. The summed E-state index contributed by atoms with van der Waals surface area (Å²) in [7, 11) is 0. The lowest BCUT2D eigenvalue weighted by molar-refractivity contribution is 0.506. The standard InChI is InChI=1S/C78H150/c1-2-3-4-5-6-7-8-9-10-11-12-13-14-15-16-17-18-19-20-21-22-23-24-25-26-27-28-29-30-31-32-33-34-35-36-37-38-39-40-41-42-43-44-45-46-47-48-49-50-51-52-53-54-55-56-57-58-59-60-61-62-63-64-65-66-67-68-69-70-72-75-78-76-73-71-74-77-78/h71,73-74,76-77H,2-70,72,75H2,1H3. The summed E-state index contributed by atoms with van der Waals surface area (Å²) in [6.07, 6.45) is 105. The molecule has 0 saturated heterocycles. The molecule has 1 aromatic carbocycles. The van der Waals surface area contributed by atoms with Gasteiger partial charge in [0.25, 0.3) is 0 Å². The Hall–Kier alpha value is -0.780. The summed E-state index contributed by atoms with van der Waals surface area (Å²) in [5.74, 6) is 0. The molecule has 0 N–H and O–H groups in total. The van der Waals surface area contributed by atoms with Crippen LogP contribution in [0, 0.1) is 0 Å². The largest absolute Gasteiger partial charge is 0.0654 e. The third-order valence-corrected chi connectivity index (χ3v) is 18.7. The van der Waals surface area contributed by atoms with Crippen LogP contribution in [0.2, 0.25) is 0 Å². The summed E-state index contributed by atoms with van der Waals surface area (Å²) in [5.41, 5.74) is 1.51. The number of unbranched alkanes of at least 4 members (excludes halogenated alkanes) is 69. The second-order valence-corrected chi connectivity index (χ2v) is 26.6. The minimum Gasteiger partial charge on any atom is -0.0654 e. The van der Waals surface area contributed by atoms with Crippen molar-refractivity contribution in [3.8, 4) is 0 Å². The first-order chi connectivity index (χ1) is 38.9. The maximum atomic E-state index is 2.32. The Morgan fingerprint density at radius 1 is 0.141 bits per heavy atom. The van der Waals surface area contributed by atoms with Crippen LogP contribution in [-0.2, 0) is 6.42 Å². The highest BCUT2D eigenvalue weighted by molar-refractivity contribution is 5.14. The normalized spacial score (nSPS) is 11.7. The van der Waals surface area contributed by atoms with Gasteiger partial charge in [-0.05, 0) is 18.4 Å². The van der Waals surface area contributed by atoms with Crippen LogP contribution in [-0.4, -0.2) is 0 Å². The highest BCUT2D eigenvalue weighted by atomic mass is 14.1. The summed E-state index contributed by atoms with van der Waals surface area (Å²) in [4.78, 5) is 0. The smallest absolute Gasteiger partial charge is 0.0279 e. The molecule has 0 aliphatic carbocycles. The molecule has 0 heterocycles. The number of hydrogen-bond acceptors (Lipinski definition) is 0. The predicted molar refractivity (Wildman–Crippen MR) is 359 cm³/mol. The third kappa shape index (κ3) is 66.0. The second kappa shape index (κ2) is 70.5. The van der Waals surface area contributed by atoms with Crippen molar-refractivity contribution in [1.29, 1.82) is 0 Å². The molecule has 462 valence electrons. The molecule has 0 fully saturated rings. The van der Waals surface area contributed by atoms with Crippen LogP contribution in [0.5, 0.6) is 0 Å². The summed E-state index contributed by atoms with van der Waals surface area (Å²) in [5, 5.41) is 0. The van der Waals surface area contributed by atoms with E-state index >= 15 is 0 Å². The molecule has 1 rings (SSSR count). The zero-order chi connectivity index (χ0) is 55.3. The quantitative estimate of drug-likeness (QED) is 0.0571. The van der Waals surface area contributed by atoms with Crippen molar-refractivity contribution in [2.45, 2.75) is 463 Å².